The second-order valence-corrected chi connectivity index (χ2v) is 4.54. The van der Waals surface area contributed by atoms with Gasteiger partial charge in [0.15, 0.2) is 0 Å². The molecule has 0 saturated carbocycles. The van der Waals surface area contributed by atoms with Gasteiger partial charge in [-0.05, 0) is 25.8 Å². The highest BCUT2D eigenvalue weighted by Crippen LogP contribution is 2.21. The third-order valence-corrected chi connectivity index (χ3v) is 3.22. The number of rotatable bonds is 2. The zero-order valence-corrected chi connectivity index (χ0v) is 10.1. The summed E-state index contributed by atoms with van der Waals surface area (Å²) in [7, 11) is 0. The van der Waals surface area contributed by atoms with Crippen molar-refractivity contribution in [2.24, 2.45) is 5.73 Å². The highest BCUT2D eigenvalue weighted by atomic mass is 15.2. The maximum atomic E-state index is 5.78. The van der Waals surface area contributed by atoms with Gasteiger partial charge in [0.1, 0.15) is 5.82 Å². The van der Waals surface area contributed by atoms with Crippen LogP contribution >= 0.6 is 0 Å². The third kappa shape index (κ3) is 2.53. The van der Waals surface area contributed by atoms with Crippen LogP contribution in [0.5, 0.6) is 0 Å². The molecule has 0 aromatic carbocycles. The standard InChI is InChI=1S/C13H21N3/c1-11-6-7-12(10-14)13(15-11)16-8-4-2-3-5-9-16/h6-7H,2-5,8-10,14H2,1H3. The molecule has 0 spiro atoms. The summed E-state index contributed by atoms with van der Waals surface area (Å²) in [5.74, 6) is 1.12. The molecule has 0 amide bonds. The Hall–Kier alpha value is -1.09. The largest absolute Gasteiger partial charge is 0.356 e. The Kier molecular flexibility index (Phi) is 3.78. The number of nitrogens with zero attached hydrogens (tertiary/aromatic N) is 2. The van der Waals surface area contributed by atoms with Crippen LogP contribution in [0.15, 0.2) is 12.1 Å². The van der Waals surface area contributed by atoms with E-state index in [1.54, 1.807) is 0 Å². The van der Waals surface area contributed by atoms with Crippen LogP contribution in [-0.4, -0.2) is 18.1 Å². The molecule has 2 rings (SSSR count). The first-order valence-electron chi connectivity index (χ1n) is 6.23. The predicted molar refractivity (Wildman–Crippen MR) is 67.5 cm³/mol. The van der Waals surface area contributed by atoms with Gasteiger partial charge in [-0.1, -0.05) is 18.9 Å². The van der Waals surface area contributed by atoms with E-state index in [0.717, 1.165) is 24.6 Å². The van der Waals surface area contributed by atoms with Crippen molar-refractivity contribution < 1.29 is 0 Å². The summed E-state index contributed by atoms with van der Waals surface area (Å²) in [5, 5.41) is 0. The van der Waals surface area contributed by atoms with E-state index in [2.05, 4.69) is 16.0 Å². The van der Waals surface area contributed by atoms with Gasteiger partial charge in [0.05, 0.1) is 0 Å². The molecular weight excluding hydrogens is 198 g/mol. The first-order valence-corrected chi connectivity index (χ1v) is 6.23. The number of hydrogen-bond donors (Lipinski definition) is 1. The highest BCUT2D eigenvalue weighted by molar-refractivity contribution is 5.47. The summed E-state index contributed by atoms with van der Waals surface area (Å²) in [6, 6.07) is 4.16. The minimum Gasteiger partial charge on any atom is -0.356 e. The predicted octanol–water partition coefficient (Wildman–Crippen LogP) is 2.23. The van der Waals surface area contributed by atoms with Gasteiger partial charge in [0.25, 0.3) is 0 Å². The second-order valence-electron chi connectivity index (χ2n) is 4.54. The van der Waals surface area contributed by atoms with E-state index in [-0.39, 0.29) is 0 Å². The Balaban J connectivity index is 2.25. The van der Waals surface area contributed by atoms with Crippen molar-refractivity contribution in [3.05, 3.63) is 23.4 Å². The molecule has 16 heavy (non-hydrogen) atoms. The molecule has 1 aromatic rings. The molecule has 0 aliphatic carbocycles. The van der Waals surface area contributed by atoms with Crippen LogP contribution in [0.4, 0.5) is 5.82 Å². The van der Waals surface area contributed by atoms with Crippen molar-refractivity contribution in [2.75, 3.05) is 18.0 Å². The van der Waals surface area contributed by atoms with Crippen LogP contribution in [0.2, 0.25) is 0 Å². The zero-order chi connectivity index (χ0) is 11.4. The summed E-state index contributed by atoms with van der Waals surface area (Å²) in [6.07, 6.45) is 5.25. The lowest BCUT2D eigenvalue weighted by Gasteiger charge is -2.24. The molecule has 0 radical (unpaired) electrons. The quantitative estimate of drug-likeness (QED) is 0.829. The summed E-state index contributed by atoms with van der Waals surface area (Å²) in [5.41, 5.74) is 8.03. The van der Waals surface area contributed by atoms with Gasteiger partial charge in [-0.3, -0.25) is 0 Å². The monoisotopic (exact) mass is 219 g/mol. The van der Waals surface area contributed by atoms with Gasteiger partial charge < -0.3 is 10.6 Å². The van der Waals surface area contributed by atoms with E-state index in [4.69, 9.17) is 5.73 Å². The van der Waals surface area contributed by atoms with Crippen LogP contribution in [0.3, 0.4) is 0 Å². The summed E-state index contributed by atoms with van der Waals surface area (Å²) in [4.78, 5) is 7.06. The number of pyridine rings is 1. The average Bonchev–Trinajstić information content (AvgIpc) is 2.57. The van der Waals surface area contributed by atoms with Crippen LogP contribution < -0.4 is 10.6 Å². The molecule has 3 heteroatoms. The average molecular weight is 219 g/mol. The maximum Gasteiger partial charge on any atom is 0.133 e. The van der Waals surface area contributed by atoms with Crippen LogP contribution in [0, 0.1) is 6.92 Å². The topological polar surface area (TPSA) is 42.1 Å². The van der Waals surface area contributed by atoms with E-state index in [1.165, 1.54) is 31.2 Å². The normalized spacial score (nSPS) is 17.2. The van der Waals surface area contributed by atoms with Gasteiger partial charge in [-0.25, -0.2) is 4.98 Å². The van der Waals surface area contributed by atoms with E-state index >= 15 is 0 Å². The Morgan fingerprint density at radius 2 is 1.88 bits per heavy atom. The Bertz CT molecular complexity index is 341. The minimum absolute atomic E-state index is 0.582. The Morgan fingerprint density at radius 1 is 1.19 bits per heavy atom. The molecule has 0 atom stereocenters. The van der Waals surface area contributed by atoms with Crippen molar-refractivity contribution in [1.82, 2.24) is 4.98 Å². The van der Waals surface area contributed by atoms with E-state index < -0.39 is 0 Å². The fourth-order valence-electron chi connectivity index (χ4n) is 2.29. The number of nitrogens with two attached hydrogens (primary N) is 1. The lowest BCUT2D eigenvalue weighted by molar-refractivity contribution is 0.726. The van der Waals surface area contributed by atoms with E-state index in [9.17, 15) is 0 Å². The summed E-state index contributed by atoms with van der Waals surface area (Å²) in [6.45, 7) is 4.88. The van der Waals surface area contributed by atoms with Gasteiger partial charge >= 0.3 is 0 Å². The molecule has 1 aromatic heterocycles. The van der Waals surface area contributed by atoms with Gasteiger partial charge in [0.2, 0.25) is 0 Å². The first kappa shape index (κ1) is 11.4. The molecular formula is C13H21N3. The van der Waals surface area contributed by atoms with E-state index in [0.29, 0.717) is 6.54 Å². The van der Waals surface area contributed by atoms with Crippen molar-refractivity contribution in [1.29, 1.82) is 0 Å². The number of aromatic nitrogens is 1. The van der Waals surface area contributed by atoms with Crippen molar-refractivity contribution in [3.63, 3.8) is 0 Å². The first-order chi connectivity index (χ1) is 7.81. The molecule has 2 N–H and O–H groups in total. The SMILES string of the molecule is Cc1ccc(CN)c(N2CCCCCC2)n1. The molecule has 0 bridgehead atoms. The summed E-state index contributed by atoms with van der Waals surface area (Å²) < 4.78 is 0. The number of aryl methyl sites for hydroxylation is 1. The lowest BCUT2D eigenvalue weighted by atomic mass is 10.2. The maximum absolute atomic E-state index is 5.78. The molecule has 1 saturated heterocycles. The molecule has 1 aliphatic rings. The Labute approximate surface area is 97.7 Å². The smallest absolute Gasteiger partial charge is 0.133 e. The van der Waals surface area contributed by atoms with Crippen LogP contribution in [0.25, 0.3) is 0 Å². The third-order valence-electron chi connectivity index (χ3n) is 3.22. The lowest BCUT2D eigenvalue weighted by Crippen LogP contribution is -2.26. The fraction of sp³-hybridized carbons (Fsp3) is 0.615. The minimum atomic E-state index is 0.582. The van der Waals surface area contributed by atoms with Crippen molar-refractivity contribution in [3.8, 4) is 0 Å². The zero-order valence-electron chi connectivity index (χ0n) is 10.1. The number of hydrogen-bond acceptors (Lipinski definition) is 3. The van der Waals surface area contributed by atoms with Crippen LogP contribution in [0.1, 0.15) is 36.9 Å². The molecule has 1 aliphatic heterocycles. The van der Waals surface area contributed by atoms with Crippen LogP contribution in [-0.2, 0) is 6.54 Å². The van der Waals surface area contributed by atoms with Crippen molar-refractivity contribution in [2.45, 2.75) is 39.2 Å². The van der Waals surface area contributed by atoms with Gasteiger partial charge in [-0.15, -0.1) is 0 Å². The van der Waals surface area contributed by atoms with Gasteiger partial charge in [0, 0.05) is 30.9 Å². The van der Waals surface area contributed by atoms with Crippen molar-refractivity contribution >= 4 is 5.82 Å². The Morgan fingerprint density at radius 3 is 2.50 bits per heavy atom. The number of anilines is 1. The molecule has 0 unspecified atom stereocenters. The fourth-order valence-corrected chi connectivity index (χ4v) is 2.29. The molecule has 1 fully saturated rings. The highest BCUT2D eigenvalue weighted by Gasteiger charge is 2.14. The molecule has 3 nitrogen and oxygen atoms in total. The van der Waals surface area contributed by atoms with Gasteiger partial charge in [-0.2, -0.15) is 0 Å². The van der Waals surface area contributed by atoms with E-state index in [1.807, 2.05) is 13.0 Å². The molecule has 88 valence electrons. The summed E-state index contributed by atoms with van der Waals surface area (Å²) >= 11 is 0. The second kappa shape index (κ2) is 5.30. The molecule has 2 heterocycles.